The molecule has 0 spiro atoms. The monoisotopic (exact) mass is 312 g/mol. The van der Waals surface area contributed by atoms with Gasteiger partial charge in [-0.3, -0.25) is 4.79 Å². The van der Waals surface area contributed by atoms with Crippen LogP contribution < -0.4 is 10.1 Å². The molecule has 2 N–H and O–H groups in total. The Kier molecular flexibility index (Phi) is 4.57. The molecule has 0 unspecified atom stereocenters. The maximum Gasteiger partial charge on any atom is 0.228 e. The van der Waals surface area contributed by atoms with Crippen LogP contribution in [-0.4, -0.2) is 21.6 Å². The van der Waals surface area contributed by atoms with Crippen molar-refractivity contribution in [1.82, 2.24) is 4.98 Å². The fourth-order valence-corrected chi connectivity index (χ4v) is 2.84. The van der Waals surface area contributed by atoms with Gasteiger partial charge in [0.05, 0.1) is 18.2 Å². The molecule has 23 heavy (non-hydrogen) atoms. The van der Waals surface area contributed by atoms with Crippen LogP contribution in [0.4, 0.5) is 5.82 Å². The summed E-state index contributed by atoms with van der Waals surface area (Å²) in [7, 11) is 0. The molecule has 0 aliphatic heterocycles. The molecule has 0 atom stereocenters. The van der Waals surface area contributed by atoms with Gasteiger partial charge in [-0.05, 0) is 37.1 Å². The summed E-state index contributed by atoms with van der Waals surface area (Å²) in [5, 5.41) is 13.0. The molecular weight excluding hydrogens is 292 g/mol. The molecule has 2 aromatic rings. The van der Waals surface area contributed by atoms with Crippen LogP contribution in [0, 0.1) is 0 Å². The second-order valence-electron chi connectivity index (χ2n) is 5.95. The summed E-state index contributed by atoms with van der Waals surface area (Å²) in [6.07, 6.45) is 5.03. The van der Waals surface area contributed by atoms with Crippen molar-refractivity contribution in [2.45, 2.75) is 37.7 Å². The first-order valence-electron chi connectivity index (χ1n) is 7.84. The van der Waals surface area contributed by atoms with Crippen molar-refractivity contribution >= 4 is 11.7 Å². The van der Waals surface area contributed by atoms with Crippen LogP contribution in [0.2, 0.25) is 0 Å². The summed E-state index contributed by atoms with van der Waals surface area (Å²) in [6.45, 7) is 0. The normalized spacial score (nSPS) is 16.0. The number of rotatable bonds is 5. The number of carbonyl (C=O) groups is 1. The number of aromatic nitrogens is 1. The molecule has 1 amide bonds. The topological polar surface area (TPSA) is 71.5 Å². The van der Waals surface area contributed by atoms with Gasteiger partial charge in [0, 0.05) is 0 Å². The van der Waals surface area contributed by atoms with Crippen LogP contribution in [0.25, 0.3) is 0 Å². The third kappa shape index (κ3) is 4.29. The fourth-order valence-electron chi connectivity index (χ4n) is 2.84. The van der Waals surface area contributed by atoms with Crippen molar-refractivity contribution in [3.8, 4) is 11.5 Å². The van der Waals surface area contributed by atoms with Gasteiger partial charge in [0.15, 0.2) is 0 Å². The lowest BCUT2D eigenvalue weighted by atomic mass is 9.98. The third-order valence-corrected chi connectivity index (χ3v) is 4.01. The maximum atomic E-state index is 12.0. The van der Waals surface area contributed by atoms with E-state index in [1.165, 1.54) is 0 Å². The Morgan fingerprint density at radius 1 is 1.13 bits per heavy atom. The molecule has 120 valence electrons. The van der Waals surface area contributed by atoms with Crippen molar-refractivity contribution in [3.05, 3.63) is 48.7 Å². The lowest BCUT2D eigenvalue weighted by molar-refractivity contribution is -0.120. The predicted octanol–water partition coefficient (Wildman–Crippen LogP) is 3.51. The number of ether oxygens (including phenoxy) is 1. The molecule has 0 radical (unpaired) electrons. The Morgan fingerprint density at radius 2 is 1.87 bits per heavy atom. The summed E-state index contributed by atoms with van der Waals surface area (Å²) in [5.41, 5.74) is -0.847. The molecular formula is C18H20N2O3. The van der Waals surface area contributed by atoms with Crippen LogP contribution in [0.1, 0.15) is 32.1 Å². The quantitative estimate of drug-likeness (QED) is 0.886. The highest BCUT2D eigenvalue weighted by Crippen LogP contribution is 2.32. The predicted molar refractivity (Wildman–Crippen MR) is 87.4 cm³/mol. The van der Waals surface area contributed by atoms with Crippen molar-refractivity contribution < 1.29 is 14.6 Å². The number of carbonyl (C=O) groups excluding carboxylic acids is 1. The molecule has 5 nitrogen and oxygen atoms in total. The number of pyridine rings is 1. The minimum absolute atomic E-state index is 0.122. The molecule has 0 saturated heterocycles. The summed E-state index contributed by atoms with van der Waals surface area (Å²) in [5.74, 6) is 1.58. The van der Waals surface area contributed by atoms with Crippen LogP contribution in [-0.2, 0) is 4.79 Å². The van der Waals surface area contributed by atoms with E-state index in [1.54, 1.807) is 18.3 Å². The first-order valence-corrected chi connectivity index (χ1v) is 7.84. The lowest BCUT2D eigenvalue weighted by Crippen LogP contribution is -2.30. The van der Waals surface area contributed by atoms with Crippen molar-refractivity contribution in [1.29, 1.82) is 0 Å². The van der Waals surface area contributed by atoms with Gasteiger partial charge in [0.25, 0.3) is 0 Å². The molecule has 1 aliphatic rings. The van der Waals surface area contributed by atoms with Crippen LogP contribution in [0.3, 0.4) is 0 Å². The Hall–Kier alpha value is -2.40. The van der Waals surface area contributed by atoms with E-state index in [0.717, 1.165) is 18.6 Å². The average Bonchev–Trinajstić information content (AvgIpc) is 2.96. The van der Waals surface area contributed by atoms with Gasteiger partial charge >= 0.3 is 0 Å². The van der Waals surface area contributed by atoms with E-state index in [1.807, 2.05) is 30.3 Å². The zero-order chi connectivity index (χ0) is 16.1. The molecule has 1 aromatic heterocycles. The van der Waals surface area contributed by atoms with Gasteiger partial charge in [-0.25, -0.2) is 4.98 Å². The van der Waals surface area contributed by atoms with Crippen LogP contribution in [0.5, 0.6) is 11.5 Å². The van der Waals surface area contributed by atoms with Gasteiger partial charge in [-0.15, -0.1) is 0 Å². The highest BCUT2D eigenvalue weighted by atomic mass is 16.5. The second kappa shape index (κ2) is 6.79. The van der Waals surface area contributed by atoms with Crippen molar-refractivity contribution in [2.75, 3.05) is 5.32 Å². The highest BCUT2D eigenvalue weighted by molar-refractivity contribution is 5.90. The van der Waals surface area contributed by atoms with Gasteiger partial charge in [0.1, 0.15) is 17.3 Å². The van der Waals surface area contributed by atoms with Gasteiger partial charge in [0.2, 0.25) is 5.91 Å². The van der Waals surface area contributed by atoms with E-state index in [4.69, 9.17) is 4.74 Å². The summed E-state index contributed by atoms with van der Waals surface area (Å²) in [4.78, 5) is 16.2. The minimum atomic E-state index is -0.847. The van der Waals surface area contributed by atoms with Gasteiger partial charge < -0.3 is 15.2 Å². The lowest BCUT2D eigenvalue weighted by Gasteiger charge is -2.20. The number of amides is 1. The zero-order valence-corrected chi connectivity index (χ0v) is 12.9. The number of nitrogens with zero attached hydrogens (tertiary/aromatic N) is 1. The molecule has 1 saturated carbocycles. The number of benzene rings is 1. The number of hydrogen-bond donors (Lipinski definition) is 2. The Balaban J connectivity index is 1.56. The minimum Gasteiger partial charge on any atom is -0.456 e. The third-order valence-electron chi connectivity index (χ3n) is 4.01. The Labute approximate surface area is 135 Å². The van der Waals surface area contributed by atoms with E-state index in [9.17, 15) is 9.90 Å². The van der Waals surface area contributed by atoms with E-state index >= 15 is 0 Å². The Bertz CT molecular complexity index is 650. The highest BCUT2D eigenvalue weighted by Gasteiger charge is 2.33. The summed E-state index contributed by atoms with van der Waals surface area (Å²) in [6, 6.07) is 12.9. The van der Waals surface area contributed by atoms with E-state index < -0.39 is 5.60 Å². The van der Waals surface area contributed by atoms with Crippen LogP contribution in [0.15, 0.2) is 48.7 Å². The zero-order valence-electron chi connectivity index (χ0n) is 12.9. The van der Waals surface area contributed by atoms with Crippen molar-refractivity contribution in [3.63, 3.8) is 0 Å². The average molecular weight is 312 g/mol. The molecule has 1 heterocycles. The van der Waals surface area contributed by atoms with E-state index in [-0.39, 0.29) is 12.3 Å². The fraction of sp³-hybridized carbons (Fsp3) is 0.333. The molecule has 0 bridgehead atoms. The molecule has 1 fully saturated rings. The number of anilines is 1. The smallest absolute Gasteiger partial charge is 0.228 e. The first-order chi connectivity index (χ1) is 11.1. The largest absolute Gasteiger partial charge is 0.456 e. The molecule has 1 aromatic carbocycles. The number of hydrogen-bond acceptors (Lipinski definition) is 4. The summed E-state index contributed by atoms with van der Waals surface area (Å²) >= 11 is 0. The van der Waals surface area contributed by atoms with E-state index in [2.05, 4.69) is 10.3 Å². The van der Waals surface area contributed by atoms with Gasteiger partial charge in [-0.1, -0.05) is 31.0 Å². The Morgan fingerprint density at radius 3 is 2.52 bits per heavy atom. The number of aliphatic hydroxyl groups is 1. The number of nitrogens with one attached hydrogen (secondary N) is 1. The van der Waals surface area contributed by atoms with Crippen molar-refractivity contribution in [2.24, 2.45) is 0 Å². The van der Waals surface area contributed by atoms with E-state index in [0.29, 0.717) is 24.4 Å². The maximum absolute atomic E-state index is 12.0. The molecule has 5 heteroatoms. The van der Waals surface area contributed by atoms with Gasteiger partial charge in [-0.2, -0.15) is 0 Å². The first kappa shape index (κ1) is 15.5. The summed E-state index contributed by atoms with van der Waals surface area (Å²) < 4.78 is 5.65. The number of para-hydroxylation sites is 1. The molecule has 1 aliphatic carbocycles. The second-order valence-corrected chi connectivity index (χ2v) is 5.95. The molecule has 3 rings (SSSR count). The standard InChI is InChI=1S/C18H20N2O3/c21-17(12-18(22)10-4-5-11-18)20-16-9-8-15(13-19-16)23-14-6-2-1-3-7-14/h1-3,6-9,13,22H,4-5,10-12H2,(H,19,20,21). The van der Waals surface area contributed by atoms with Crippen LogP contribution >= 0.6 is 0 Å². The SMILES string of the molecule is O=C(CC1(O)CCCC1)Nc1ccc(Oc2ccccc2)cn1.